The maximum absolute atomic E-state index is 12.5. The molecule has 1 atom stereocenters. The van der Waals surface area contributed by atoms with Crippen LogP contribution in [0.1, 0.15) is 36.5 Å². The first-order valence-electron chi connectivity index (χ1n) is 9.10. The standard InChI is InChI=1S/C20H23N3O4/c1-15(24)16-7-2-3-9-18(16)26-13-14-27-19(25)17-8-4-5-12-23(17)20-21-10-6-11-22-20/h2-3,6-7,9-11,17H,4-5,8,12-14H2,1H3/t17-/m0/s1. The van der Waals surface area contributed by atoms with Crippen molar-refractivity contribution in [1.29, 1.82) is 0 Å². The Balaban J connectivity index is 1.53. The largest absolute Gasteiger partial charge is 0.489 e. The van der Waals surface area contributed by atoms with Gasteiger partial charge < -0.3 is 14.4 Å². The zero-order valence-electron chi connectivity index (χ0n) is 15.3. The Labute approximate surface area is 158 Å². The van der Waals surface area contributed by atoms with Gasteiger partial charge in [-0.3, -0.25) is 4.79 Å². The molecule has 2 heterocycles. The molecule has 1 fully saturated rings. The Morgan fingerprint density at radius 1 is 1.11 bits per heavy atom. The predicted octanol–water partition coefficient (Wildman–Crippen LogP) is 2.66. The highest BCUT2D eigenvalue weighted by Crippen LogP contribution is 2.22. The number of carbonyl (C=O) groups excluding carboxylic acids is 2. The monoisotopic (exact) mass is 369 g/mol. The highest BCUT2D eigenvalue weighted by atomic mass is 16.6. The fourth-order valence-corrected chi connectivity index (χ4v) is 3.13. The minimum atomic E-state index is -0.384. The topological polar surface area (TPSA) is 81.6 Å². The van der Waals surface area contributed by atoms with Crippen molar-refractivity contribution in [2.75, 3.05) is 24.7 Å². The number of anilines is 1. The van der Waals surface area contributed by atoms with E-state index in [0.29, 0.717) is 23.7 Å². The van der Waals surface area contributed by atoms with E-state index in [0.717, 1.165) is 19.4 Å². The van der Waals surface area contributed by atoms with Crippen molar-refractivity contribution in [3.63, 3.8) is 0 Å². The number of ketones is 1. The molecule has 0 bridgehead atoms. The highest BCUT2D eigenvalue weighted by Gasteiger charge is 2.31. The summed E-state index contributed by atoms with van der Waals surface area (Å²) in [6, 6.07) is 8.39. The molecule has 142 valence electrons. The van der Waals surface area contributed by atoms with Gasteiger partial charge >= 0.3 is 5.97 Å². The average Bonchev–Trinajstić information content (AvgIpc) is 2.72. The van der Waals surface area contributed by atoms with Gasteiger partial charge in [0, 0.05) is 18.9 Å². The van der Waals surface area contributed by atoms with Crippen LogP contribution in [0, 0.1) is 0 Å². The Morgan fingerprint density at radius 2 is 1.89 bits per heavy atom. The molecule has 27 heavy (non-hydrogen) atoms. The molecule has 0 amide bonds. The van der Waals surface area contributed by atoms with Crippen molar-refractivity contribution in [2.45, 2.75) is 32.2 Å². The van der Waals surface area contributed by atoms with Crippen LogP contribution in [0.4, 0.5) is 5.95 Å². The average molecular weight is 369 g/mol. The number of hydrogen-bond acceptors (Lipinski definition) is 7. The molecule has 7 nitrogen and oxygen atoms in total. The maximum Gasteiger partial charge on any atom is 0.328 e. The predicted molar refractivity (Wildman–Crippen MR) is 99.9 cm³/mol. The Bertz CT molecular complexity index is 782. The van der Waals surface area contributed by atoms with Gasteiger partial charge in [0.05, 0.1) is 5.56 Å². The molecule has 1 aromatic carbocycles. The molecule has 0 radical (unpaired) electrons. The summed E-state index contributed by atoms with van der Waals surface area (Å²) >= 11 is 0. The molecule has 0 aliphatic carbocycles. The van der Waals surface area contributed by atoms with Crippen LogP contribution in [0.5, 0.6) is 5.75 Å². The Morgan fingerprint density at radius 3 is 2.67 bits per heavy atom. The SMILES string of the molecule is CC(=O)c1ccccc1OCCOC(=O)[C@@H]1CCCCN1c1ncccn1. The lowest BCUT2D eigenvalue weighted by molar-refractivity contribution is -0.146. The second-order valence-electron chi connectivity index (χ2n) is 6.32. The number of rotatable bonds is 7. The van der Waals surface area contributed by atoms with E-state index >= 15 is 0 Å². The van der Waals surface area contributed by atoms with Crippen molar-refractivity contribution >= 4 is 17.7 Å². The summed E-state index contributed by atoms with van der Waals surface area (Å²) in [5.41, 5.74) is 0.517. The number of para-hydroxylation sites is 1. The molecule has 2 aromatic rings. The first-order valence-corrected chi connectivity index (χ1v) is 9.10. The summed E-state index contributed by atoms with van der Waals surface area (Å²) in [6.45, 7) is 2.52. The summed E-state index contributed by atoms with van der Waals surface area (Å²) in [5, 5.41) is 0. The van der Waals surface area contributed by atoms with E-state index in [-0.39, 0.29) is 31.0 Å². The zero-order valence-corrected chi connectivity index (χ0v) is 15.3. The molecular formula is C20H23N3O4. The molecule has 0 N–H and O–H groups in total. The molecule has 1 aromatic heterocycles. The number of carbonyl (C=O) groups is 2. The lowest BCUT2D eigenvalue weighted by Crippen LogP contribution is -2.46. The minimum absolute atomic E-state index is 0.0664. The first-order chi connectivity index (χ1) is 13.2. The van der Waals surface area contributed by atoms with Gasteiger partial charge in [0.15, 0.2) is 5.78 Å². The van der Waals surface area contributed by atoms with Gasteiger partial charge in [-0.15, -0.1) is 0 Å². The lowest BCUT2D eigenvalue weighted by atomic mass is 10.0. The first kappa shape index (κ1) is 18.8. The van der Waals surface area contributed by atoms with E-state index in [1.807, 2.05) is 4.90 Å². The third-order valence-corrected chi connectivity index (χ3v) is 4.44. The van der Waals surface area contributed by atoms with Crippen molar-refractivity contribution in [2.24, 2.45) is 0 Å². The molecule has 1 aliphatic heterocycles. The number of ether oxygens (including phenoxy) is 2. The molecule has 1 saturated heterocycles. The van der Waals surface area contributed by atoms with E-state index in [1.165, 1.54) is 6.92 Å². The Kier molecular flexibility index (Phi) is 6.35. The lowest BCUT2D eigenvalue weighted by Gasteiger charge is -2.33. The smallest absolute Gasteiger partial charge is 0.328 e. The van der Waals surface area contributed by atoms with Crippen LogP contribution in [0.25, 0.3) is 0 Å². The third kappa shape index (κ3) is 4.81. The normalized spacial score (nSPS) is 16.6. The molecule has 7 heteroatoms. The van der Waals surface area contributed by atoms with Crippen molar-refractivity contribution in [3.8, 4) is 5.75 Å². The van der Waals surface area contributed by atoms with Gasteiger partial charge in [-0.05, 0) is 44.4 Å². The van der Waals surface area contributed by atoms with E-state index in [1.54, 1.807) is 42.7 Å². The summed E-state index contributed by atoms with van der Waals surface area (Å²) in [4.78, 5) is 34.5. The molecule has 1 aliphatic rings. The summed E-state index contributed by atoms with van der Waals surface area (Å²) < 4.78 is 11.0. The zero-order chi connectivity index (χ0) is 19.1. The molecule has 0 spiro atoms. The van der Waals surface area contributed by atoms with E-state index in [2.05, 4.69) is 9.97 Å². The molecule has 3 rings (SSSR count). The van der Waals surface area contributed by atoms with Crippen LogP contribution in [-0.2, 0) is 9.53 Å². The summed E-state index contributed by atoms with van der Waals surface area (Å²) in [6.07, 6.45) is 6.00. The summed E-state index contributed by atoms with van der Waals surface area (Å²) in [5.74, 6) is 0.678. The fourth-order valence-electron chi connectivity index (χ4n) is 3.13. The van der Waals surface area contributed by atoms with Crippen LogP contribution < -0.4 is 9.64 Å². The van der Waals surface area contributed by atoms with Gasteiger partial charge in [0.1, 0.15) is 25.0 Å². The minimum Gasteiger partial charge on any atom is -0.489 e. The number of esters is 1. The second-order valence-corrected chi connectivity index (χ2v) is 6.32. The van der Waals surface area contributed by atoms with Gasteiger partial charge in [-0.2, -0.15) is 0 Å². The number of Topliss-reactive ketones (excluding diaryl/α,β-unsaturated/α-hetero) is 1. The van der Waals surface area contributed by atoms with Gasteiger partial charge in [0.25, 0.3) is 0 Å². The molecule has 0 saturated carbocycles. The Hall–Kier alpha value is -2.96. The van der Waals surface area contributed by atoms with Crippen LogP contribution in [-0.4, -0.2) is 47.5 Å². The van der Waals surface area contributed by atoms with Gasteiger partial charge in [0.2, 0.25) is 5.95 Å². The number of hydrogen-bond donors (Lipinski definition) is 0. The van der Waals surface area contributed by atoms with Crippen molar-refractivity contribution in [1.82, 2.24) is 9.97 Å². The number of piperidine rings is 1. The second kappa shape index (κ2) is 9.12. The van der Waals surface area contributed by atoms with Gasteiger partial charge in [-0.1, -0.05) is 12.1 Å². The quantitative estimate of drug-likeness (QED) is 0.421. The van der Waals surface area contributed by atoms with Crippen LogP contribution >= 0.6 is 0 Å². The molecular weight excluding hydrogens is 346 g/mol. The highest BCUT2D eigenvalue weighted by molar-refractivity contribution is 5.96. The summed E-state index contributed by atoms with van der Waals surface area (Å²) in [7, 11) is 0. The van der Waals surface area contributed by atoms with E-state index in [9.17, 15) is 9.59 Å². The van der Waals surface area contributed by atoms with E-state index in [4.69, 9.17) is 9.47 Å². The number of aromatic nitrogens is 2. The third-order valence-electron chi connectivity index (χ3n) is 4.44. The van der Waals surface area contributed by atoms with Crippen LogP contribution in [0.2, 0.25) is 0 Å². The van der Waals surface area contributed by atoms with E-state index < -0.39 is 0 Å². The van der Waals surface area contributed by atoms with Gasteiger partial charge in [-0.25, -0.2) is 14.8 Å². The fraction of sp³-hybridized carbons (Fsp3) is 0.400. The molecule has 0 unspecified atom stereocenters. The van der Waals surface area contributed by atoms with Crippen LogP contribution in [0.15, 0.2) is 42.7 Å². The van der Waals surface area contributed by atoms with Crippen molar-refractivity contribution in [3.05, 3.63) is 48.3 Å². The number of nitrogens with zero attached hydrogens (tertiary/aromatic N) is 3. The maximum atomic E-state index is 12.5. The number of benzene rings is 1. The van der Waals surface area contributed by atoms with Crippen LogP contribution in [0.3, 0.4) is 0 Å². The van der Waals surface area contributed by atoms with Crippen molar-refractivity contribution < 1.29 is 19.1 Å².